The van der Waals surface area contributed by atoms with E-state index in [2.05, 4.69) is 33.0 Å². The van der Waals surface area contributed by atoms with Crippen LogP contribution in [0, 0.1) is 5.41 Å². The fourth-order valence-corrected chi connectivity index (χ4v) is 3.73. The summed E-state index contributed by atoms with van der Waals surface area (Å²) in [5.74, 6) is 1.68. The largest absolute Gasteiger partial charge is 0.368 e. The average molecular weight is 230 g/mol. The number of carbonyl (C=O) groups excluding carboxylic acids is 1. The van der Waals surface area contributed by atoms with Gasteiger partial charge < -0.3 is 11.1 Å². The molecule has 1 heterocycles. The van der Waals surface area contributed by atoms with Crippen molar-refractivity contribution in [1.82, 2.24) is 5.32 Å². The third kappa shape index (κ3) is 3.11. The van der Waals surface area contributed by atoms with E-state index in [0.29, 0.717) is 0 Å². The molecule has 0 bridgehead atoms. The Balaban J connectivity index is 2.86. The Bertz CT molecular complexity index is 253. The molecule has 0 aromatic rings. The number of primary amides is 1. The smallest absolute Gasteiger partial charge is 0.238 e. The van der Waals surface area contributed by atoms with E-state index in [-0.39, 0.29) is 17.4 Å². The number of hydrogen-bond donors (Lipinski definition) is 2. The first-order valence-electron chi connectivity index (χ1n) is 5.43. The maximum absolute atomic E-state index is 11.6. The van der Waals surface area contributed by atoms with Crippen molar-refractivity contribution in [3.63, 3.8) is 0 Å². The van der Waals surface area contributed by atoms with Crippen molar-refractivity contribution in [2.75, 3.05) is 11.5 Å². The Morgan fingerprint density at radius 2 is 2.00 bits per heavy atom. The van der Waals surface area contributed by atoms with Gasteiger partial charge in [0.15, 0.2) is 0 Å². The van der Waals surface area contributed by atoms with Gasteiger partial charge in [-0.05, 0) is 31.4 Å². The molecule has 0 spiro atoms. The lowest BCUT2D eigenvalue weighted by Crippen LogP contribution is -2.63. The highest BCUT2D eigenvalue weighted by Crippen LogP contribution is 2.39. The van der Waals surface area contributed by atoms with Gasteiger partial charge >= 0.3 is 0 Å². The highest BCUT2D eigenvalue weighted by Gasteiger charge is 2.44. The minimum absolute atomic E-state index is 0.180. The van der Waals surface area contributed by atoms with Gasteiger partial charge in [-0.3, -0.25) is 4.79 Å². The van der Waals surface area contributed by atoms with Crippen LogP contribution in [0.2, 0.25) is 0 Å². The van der Waals surface area contributed by atoms with Crippen LogP contribution in [-0.4, -0.2) is 29.0 Å². The molecule has 0 saturated carbocycles. The Hall–Kier alpha value is -0.220. The van der Waals surface area contributed by atoms with Crippen LogP contribution in [0.1, 0.15) is 34.1 Å². The zero-order valence-corrected chi connectivity index (χ0v) is 10.9. The first-order chi connectivity index (χ1) is 6.77. The van der Waals surface area contributed by atoms with Crippen molar-refractivity contribution in [1.29, 1.82) is 0 Å². The minimum Gasteiger partial charge on any atom is -0.368 e. The van der Waals surface area contributed by atoms with E-state index in [1.165, 1.54) is 0 Å². The number of nitrogens with one attached hydrogen (secondary N) is 1. The van der Waals surface area contributed by atoms with Gasteiger partial charge in [-0.2, -0.15) is 11.8 Å². The first-order valence-corrected chi connectivity index (χ1v) is 6.58. The number of nitrogens with two attached hydrogens (primary N) is 1. The lowest BCUT2D eigenvalue weighted by Gasteiger charge is -2.44. The molecule has 0 radical (unpaired) electrons. The quantitative estimate of drug-likeness (QED) is 0.770. The van der Waals surface area contributed by atoms with E-state index >= 15 is 0 Å². The van der Waals surface area contributed by atoms with Crippen LogP contribution in [0.25, 0.3) is 0 Å². The summed E-state index contributed by atoms with van der Waals surface area (Å²) < 4.78 is 0. The van der Waals surface area contributed by atoms with Crippen LogP contribution in [0.5, 0.6) is 0 Å². The zero-order chi connectivity index (χ0) is 11.7. The van der Waals surface area contributed by atoms with E-state index in [1.807, 2.05) is 11.8 Å². The standard InChI is InChI=1S/C11H22N2OS/c1-8(2)13-11(9(12)14)5-10(3,4)6-15-7-11/h8,13H,5-7H2,1-4H3,(H2,12,14). The molecule has 88 valence electrons. The predicted molar refractivity (Wildman–Crippen MR) is 65.9 cm³/mol. The summed E-state index contributed by atoms with van der Waals surface area (Å²) in [6, 6.07) is 0.284. The molecule has 1 aliphatic heterocycles. The minimum atomic E-state index is -0.513. The van der Waals surface area contributed by atoms with Crippen molar-refractivity contribution in [3.05, 3.63) is 0 Å². The summed E-state index contributed by atoms with van der Waals surface area (Å²) in [4.78, 5) is 11.6. The molecule has 0 aromatic heterocycles. The monoisotopic (exact) mass is 230 g/mol. The molecule has 3 N–H and O–H groups in total. The second-order valence-corrected chi connectivity index (χ2v) is 6.56. The fraction of sp³-hybridized carbons (Fsp3) is 0.909. The molecular formula is C11H22N2OS. The molecule has 1 atom stereocenters. The Kier molecular flexibility index (Phi) is 3.71. The van der Waals surface area contributed by atoms with Gasteiger partial charge in [0.05, 0.1) is 0 Å². The van der Waals surface area contributed by atoms with Gasteiger partial charge in [-0.1, -0.05) is 13.8 Å². The van der Waals surface area contributed by atoms with Crippen LogP contribution in [0.15, 0.2) is 0 Å². The zero-order valence-electron chi connectivity index (χ0n) is 10.1. The number of rotatable bonds is 3. The van der Waals surface area contributed by atoms with E-state index < -0.39 is 5.54 Å². The van der Waals surface area contributed by atoms with Crippen molar-refractivity contribution in [2.45, 2.75) is 45.7 Å². The molecule has 1 saturated heterocycles. The Morgan fingerprint density at radius 1 is 1.40 bits per heavy atom. The highest BCUT2D eigenvalue weighted by atomic mass is 32.2. The van der Waals surface area contributed by atoms with E-state index in [9.17, 15) is 4.79 Å². The van der Waals surface area contributed by atoms with Crippen LogP contribution < -0.4 is 11.1 Å². The van der Waals surface area contributed by atoms with Gasteiger partial charge in [-0.25, -0.2) is 0 Å². The van der Waals surface area contributed by atoms with Crippen LogP contribution in [0.3, 0.4) is 0 Å². The molecule has 15 heavy (non-hydrogen) atoms. The van der Waals surface area contributed by atoms with Gasteiger partial charge in [0.1, 0.15) is 5.54 Å². The maximum atomic E-state index is 11.6. The SMILES string of the molecule is CC(C)NC1(C(N)=O)CSCC(C)(C)C1. The maximum Gasteiger partial charge on any atom is 0.238 e. The van der Waals surface area contributed by atoms with E-state index in [4.69, 9.17) is 5.73 Å². The third-order valence-corrected chi connectivity index (χ3v) is 4.34. The second-order valence-electron chi connectivity index (χ2n) is 5.58. The number of thioether (sulfide) groups is 1. The summed E-state index contributed by atoms with van der Waals surface area (Å²) in [6.45, 7) is 8.49. The topological polar surface area (TPSA) is 55.1 Å². The van der Waals surface area contributed by atoms with Crippen molar-refractivity contribution < 1.29 is 4.79 Å². The van der Waals surface area contributed by atoms with Crippen LogP contribution in [-0.2, 0) is 4.79 Å². The van der Waals surface area contributed by atoms with Crippen molar-refractivity contribution >= 4 is 17.7 Å². The van der Waals surface area contributed by atoms with E-state index in [0.717, 1.165) is 17.9 Å². The lowest BCUT2D eigenvalue weighted by atomic mass is 9.79. The molecule has 1 aliphatic rings. The second kappa shape index (κ2) is 4.34. The van der Waals surface area contributed by atoms with Crippen molar-refractivity contribution in [2.24, 2.45) is 11.1 Å². The molecule has 1 amide bonds. The summed E-state index contributed by atoms with van der Waals surface area (Å²) in [7, 11) is 0. The van der Waals surface area contributed by atoms with Gasteiger partial charge in [0.25, 0.3) is 0 Å². The Morgan fingerprint density at radius 3 is 2.40 bits per heavy atom. The summed E-state index contributed by atoms with van der Waals surface area (Å²) in [5.41, 5.74) is 5.22. The molecule has 1 rings (SSSR count). The number of amides is 1. The molecule has 1 fully saturated rings. The molecule has 3 nitrogen and oxygen atoms in total. The van der Waals surface area contributed by atoms with Gasteiger partial charge in [0, 0.05) is 11.8 Å². The molecule has 4 heteroatoms. The summed E-state index contributed by atoms with van der Waals surface area (Å²) in [5, 5.41) is 3.35. The summed E-state index contributed by atoms with van der Waals surface area (Å²) >= 11 is 1.82. The number of carbonyl (C=O) groups is 1. The average Bonchev–Trinajstić information content (AvgIpc) is 1.99. The highest BCUT2D eigenvalue weighted by molar-refractivity contribution is 7.99. The van der Waals surface area contributed by atoms with Crippen LogP contribution >= 0.6 is 11.8 Å². The van der Waals surface area contributed by atoms with Crippen molar-refractivity contribution in [3.8, 4) is 0 Å². The van der Waals surface area contributed by atoms with Gasteiger partial charge in [0.2, 0.25) is 5.91 Å². The number of hydrogen-bond acceptors (Lipinski definition) is 3. The lowest BCUT2D eigenvalue weighted by molar-refractivity contribution is -0.125. The molecule has 1 unspecified atom stereocenters. The van der Waals surface area contributed by atoms with Gasteiger partial charge in [-0.15, -0.1) is 0 Å². The molecular weight excluding hydrogens is 208 g/mol. The molecule has 0 aliphatic carbocycles. The first kappa shape index (κ1) is 12.8. The normalized spacial score (nSPS) is 30.5. The summed E-state index contributed by atoms with van der Waals surface area (Å²) in [6.07, 6.45) is 0.834. The Labute approximate surface area is 96.6 Å². The molecule has 0 aromatic carbocycles. The third-order valence-electron chi connectivity index (χ3n) is 2.66. The predicted octanol–water partition coefficient (Wildman–Crippen LogP) is 1.37. The van der Waals surface area contributed by atoms with E-state index in [1.54, 1.807) is 0 Å². The van der Waals surface area contributed by atoms with Crippen LogP contribution in [0.4, 0.5) is 0 Å². The fourth-order valence-electron chi connectivity index (χ4n) is 2.30.